The first-order valence-corrected chi connectivity index (χ1v) is 9.88. The number of pyridine rings is 1. The molecule has 1 fully saturated rings. The molecule has 2 heterocycles. The van der Waals surface area contributed by atoms with Gasteiger partial charge < -0.3 is 9.64 Å². The van der Waals surface area contributed by atoms with E-state index < -0.39 is 0 Å². The Hall–Kier alpha value is -1.60. The van der Waals surface area contributed by atoms with Crippen LogP contribution in [0.15, 0.2) is 0 Å². The van der Waals surface area contributed by atoms with Crippen LogP contribution >= 0.6 is 0 Å². The van der Waals surface area contributed by atoms with Crippen LogP contribution in [0.3, 0.4) is 0 Å². The molecule has 1 aliphatic carbocycles. The summed E-state index contributed by atoms with van der Waals surface area (Å²) in [6, 6.07) is 3.42. The molecule has 0 aromatic carbocycles. The summed E-state index contributed by atoms with van der Waals surface area (Å²) < 4.78 is 5.55. The molecule has 1 aromatic rings. The second-order valence-electron chi connectivity index (χ2n) is 7.96. The Morgan fingerprint density at radius 1 is 1.08 bits per heavy atom. The number of aromatic nitrogens is 1. The minimum absolute atomic E-state index is 0.452. The molecule has 0 atom stereocenters. The number of nitrogens with zero attached hydrogens (tertiary/aromatic N) is 3. The van der Waals surface area contributed by atoms with Crippen LogP contribution in [0.5, 0.6) is 0 Å². The van der Waals surface area contributed by atoms with E-state index >= 15 is 0 Å². The van der Waals surface area contributed by atoms with E-state index in [9.17, 15) is 0 Å². The number of fused-ring (bicyclic) bond motifs is 1. The average Bonchev–Trinajstić information content (AvgIpc) is 2.61. The maximum Gasteiger partial charge on any atom is 0.315 e. The van der Waals surface area contributed by atoms with Crippen molar-refractivity contribution in [2.24, 2.45) is 5.92 Å². The molecule has 0 radical (unpaired) electrons. The Labute approximate surface area is 152 Å². The highest BCUT2D eigenvalue weighted by molar-refractivity contribution is 5.63. The Kier molecular flexibility index (Phi) is 5.96. The zero-order valence-corrected chi connectivity index (χ0v) is 16.3. The van der Waals surface area contributed by atoms with E-state index in [1.807, 2.05) is 0 Å². The van der Waals surface area contributed by atoms with E-state index in [-0.39, 0.29) is 0 Å². The van der Waals surface area contributed by atoms with Crippen molar-refractivity contribution in [1.29, 1.82) is 0 Å². The number of anilines is 1. The van der Waals surface area contributed by atoms with Gasteiger partial charge in [0.2, 0.25) is 0 Å². The standard InChI is InChI=1S/C21H32N3O/c1-15(2)13-22-14-19-17-7-5-6-8-18(17)20(16(3)4)23-21(19)24-9-11-25-12-10-24/h15-16H,5-13H2,1-4H3/q+1. The molecule has 0 unspecified atom stereocenters. The van der Waals surface area contributed by atoms with Crippen LogP contribution in [0.25, 0.3) is 4.85 Å². The lowest BCUT2D eigenvalue weighted by atomic mass is 9.85. The van der Waals surface area contributed by atoms with Gasteiger partial charge in [0.1, 0.15) is 5.56 Å². The fourth-order valence-electron chi connectivity index (χ4n) is 3.74. The van der Waals surface area contributed by atoms with E-state index in [0.29, 0.717) is 11.8 Å². The first kappa shape index (κ1) is 18.2. The summed E-state index contributed by atoms with van der Waals surface area (Å²) in [5, 5.41) is 0. The summed E-state index contributed by atoms with van der Waals surface area (Å²) in [5.74, 6) is 2.09. The zero-order chi connectivity index (χ0) is 17.8. The van der Waals surface area contributed by atoms with Crippen molar-refractivity contribution in [3.05, 3.63) is 27.2 Å². The van der Waals surface area contributed by atoms with Gasteiger partial charge in [-0.1, -0.05) is 32.5 Å². The fraction of sp³-hybridized carbons (Fsp3) is 0.714. The minimum atomic E-state index is 0.452. The van der Waals surface area contributed by atoms with Gasteiger partial charge in [-0.3, -0.25) is 0 Å². The summed E-state index contributed by atoms with van der Waals surface area (Å²) >= 11 is 0. The van der Waals surface area contributed by atoms with Gasteiger partial charge in [0.25, 0.3) is 6.54 Å². The van der Waals surface area contributed by atoms with Gasteiger partial charge in [-0.2, -0.15) is 0 Å². The van der Waals surface area contributed by atoms with Gasteiger partial charge in [-0.15, -0.1) is 0 Å². The Bertz CT molecular complexity index is 664. The van der Waals surface area contributed by atoms with Crippen molar-refractivity contribution in [3.8, 4) is 6.07 Å². The third-order valence-electron chi connectivity index (χ3n) is 5.03. The molecular weight excluding hydrogens is 310 g/mol. The smallest absolute Gasteiger partial charge is 0.315 e. The maximum absolute atomic E-state index is 5.55. The normalized spacial score (nSPS) is 17.4. The van der Waals surface area contributed by atoms with E-state index in [4.69, 9.17) is 9.72 Å². The van der Waals surface area contributed by atoms with Crippen molar-refractivity contribution in [1.82, 2.24) is 4.98 Å². The molecule has 2 aliphatic rings. The van der Waals surface area contributed by atoms with Crippen molar-refractivity contribution in [3.63, 3.8) is 0 Å². The summed E-state index contributed by atoms with van der Waals surface area (Å²) in [6.07, 6.45) is 4.82. The van der Waals surface area contributed by atoms with Crippen LogP contribution in [-0.4, -0.2) is 37.8 Å². The Morgan fingerprint density at radius 2 is 1.76 bits per heavy atom. The molecule has 0 spiro atoms. The molecular formula is C21H32N3O+. The van der Waals surface area contributed by atoms with Gasteiger partial charge in [-0.05, 0) is 42.7 Å². The van der Waals surface area contributed by atoms with E-state index in [2.05, 4.69) is 43.5 Å². The van der Waals surface area contributed by atoms with Crippen LogP contribution in [-0.2, 0) is 17.6 Å². The Morgan fingerprint density at radius 3 is 2.40 bits per heavy atom. The topological polar surface area (TPSA) is 29.7 Å². The first-order valence-electron chi connectivity index (χ1n) is 9.88. The molecule has 4 heteroatoms. The highest BCUT2D eigenvalue weighted by Gasteiger charge is 2.28. The summed E-state index contributed by atoms with van der Waals surface area (Å²) in [4.78, 5) is 12.2. The quantitative estimate of drug-likeness (QED) is 0.822. The molecule has 25 heavy (non-hydrogen) atoms. The number of hydrogen-bond donors (Lipinski definition) is 0. The zero-order valence-electron chi connectivity index (χ0n) is 16.3. The van der Waals surface area contributed by atoms with Crippen LogP contribution in [0.4, 0.5) is 5.82 Å². The summed E-state index contributed by atoms with van der Waals surface area (Å²) in [6.45, 7) is 13.1. The predicted octanol–water partition coefficient (Wildman–Crippen LogP) is 4.26. The molecule has 4 nitrogen and oxygen atoms in total. The van der Waals surface area contributed by atoms with Gasteiger partial charge in [0, 0.05) is 24.7 Å². The average molecular weight is 343 g/mol. The SMILES string of the molecule is CC(C)C[N+]#Cc1c(N2CCOCC2)nc(C(C)C)c2c1CCCC2. The lowest BCUT2D eigenvalue weighted by Gasteiger charge is -2.31. The largest absolute Gasteiger partial charge is 0.378 e. The van der Waals surface area contributed by atoms with Crippen LogP contribution in [0.2, 0.25) is 0 Å². The van der Waals surface area contributed by atoms with Crippen LogP contribution < -0.4 is 4.90 Å². The van der Waals surface area contributed by atoms with Crippen molar-refractivity contribution >= 4 is 5.82 Å². The Balaban J connectivity index is 2.11. The lowest BCUT2D eigenvalue weighted by molar-refractivity contribution is 0.122. The number of rotatable bonds is 3. The van der Waals surface area contributed by atoms with Gasteiger partial charge in [0.05, 0.1) is 13.2 Å². The minimum Gasteiger partial charge on any atom is -0.378 e. The second kappa shape index (κ2) is 8.19. The molecule has 3 rings (SSSR count). The summed E-state index contributed by atoms with van der Waals surface area (Å²) in [7, 11) is 0. The molecule has 0 saturated carbocycles. The van der Waals surface area contributed by atoms with Crippen molar-refractivity contribution in [2.75, 3.05) is 37.7 Å². The molecule has 0 N–H and O–H groups in total. The third-order valence-corrected chi connectivity index (χ3v) is 5.03. The number of morpholine rings is 1. The third kappa shape index (κ3) is 4.15. The molecule has 0 amide bonds. The first-order chi connectivity index (χ1) is 12.1. The van der Waals surface area contributed by atoms with Crippen LogP contribution in [0, 0.1) is 12.0 Å². The lowest BCUT2D eigenvalue weighted by Crippen LogP contribution is -2.38. The summed E-state index contributed by atoms with van der Waals surface area (Å²) in [5.41, 5.74) is 5.37. The molecule has 0 bridgehead atoms. The monoisotopic (exact) mass is 342 g/mol. The van der Waals surface area contributed by atoms with Crippen molar-refractivity contribution in [2.45, 2.75) is 59.3 Å². The van der Waals surface area contributed by atoms with Gasteiger partial charge in [0.15, 0.2) is 5.82 Å². The van der Waals surface area contributed by atoms with Crippen LogP contribution in [0.1, 0.15) is 68.8 Å². The molecule has 1 aromatic heterocycles. The molecule has 1 aliphatic heterocycles. The highest BCUT2D eigenvalue weighted by Crippen LogP contribution is 2.35. The predicted molar refractivity (Wildman–Crippen MR) is 104 cm³/mol. The fourth-order valence-corrected chi connectivity index (χ4v) is 3.74. The van der Waals surface area contributed by atoms with E-state index in [1.54, 1.807) is 0 Å². The number of hydrogen-bond acceptors (Lipinski definition) is 3. The van der Waals surface area contributed by atoms with E-state index in [1.165, 1.54) is 29.7 Å². The molecule has 1 saturated heterocycles. The van der Waals surface area contributed by atoms with Gasteiger partial charge in [-0.25, -0.2) is 4.98 Å². The second-order valence-corrected chi connectivity index (χ2v) is 7.96. The number of ether oxygens (including phenoxy) is 1. The molecule has 136 valence electrons. The van der Waals surface area contributed by atoms with Crippen molar-refractivity contribution < 1.29 is 4.74 Å². The van der Waals surface area contributed by atoms with Gasteiger partial charge >= 0.3 is 6.07 Å². The van der Waals surface area contributed by atoms with E-state index in [0.717, 1.165) is 57.1 Å². The highest BCUT2D eigenvalue weighted by atomic mass is 16.5. The maximum atomic E-state index is 5.55.